The van der Waals surface area contributed by atoms with E-state index in [0.29, 0.717) is 27.0 Å². The van der Waals surface area contributed by atoms with Gasteiger partial charge in [-0.3, -0.25) is 0 Å². The van der Waals surface area contributed by atoms with E-state index in [2.05, 4.69) is 13.0 Å². The van der Waals surface area contributed by atoms with E-state index in [-0.39, 0.29) is 11.8 Å². The van der Waals surface area contributed by atoms with Crippen molar-refractivity contribution < 1.29 is 14.3 Å². The van der Waals surface area contributed by atoms with Crippen molar-refractivity contribution in [2.45, 2.75) is 19.3 Å². The van der Waals surface area contributed by atoms with Crippen LogP contribution in [-0.4, -0.2) is 5.97 Å². The van der Waals surface area contributed by atoms with Crippen LogP contribution in [0.5, 0.6) is 11.5 Å². The van der Waals surface area contributed by atoms with E-state index < -0.39 is 5.97 Å². The average molecular weight is 487 g/mol. The normalized spacial score (nSPS) is 14.9. The zero-order valence-electron chi connectivity index (χ0n) is 18.2. The molecule has 1 aromatic heterocycles. The third-order valence-electron chi connectivity index (χ3n) is 5.84. The number of allylic oxidation sites excluding steroid dienone is 1. The lowest BCUT2D eigenvalue weighted by Gasteiger charge is -2.26. The first-order valence-corrected chi connectivity index (χ1v) is 11.9. The Hall–Kier alpha value is -3.79. The molecule has 4 aromatic rings. The van der Waals surface area contributed by atoms with Gasteiger partial charge in [-0.25, -0.2) is 4.79 Å². The second kappa shape index (κ2) is 8.86. The topological polar surface area (TPSA) is 85.3 Å². The molecule has 0 aliphatic carbocycles. The molecule has 0 radical (unpaired) electrons. The smallest absolute Gasteiger partial charge is 0.355 e. The Kier molecular flexibility index (Phi) is 5.74. The van der Waals surface area contributed by atoms with Gasteiger partial charge in [-0.15, -0.1) is 11.3 Å². The van der Waals surface area contributed by atoms with Crippen molar-refractivity contribution in [3.05, 3.63) is 105 Å². The molecule has 1 unspecified atom stereocenters. The van der Waals surface area contributed by atoms with Crippen LogP contribution in [0.2, 0.25) is 5.02 Å². The summed E-state index contributed by atoms with van der Waals surface area (Å²) in [5.41, 5.74) is 9.36. The predicted octanol–water partition coefficient (Wildman–Crippen LogP) is 6.55. The molecule has 0 fully saturated rings. The minimum Gasteiger partial charge on any atom is -0.440 e. The summed E-state index contributed by atoms with van der Waals surface area (Å²) in [6.07, 6.45) is 0.923. The molecule has 5 rings (SSSR count). The van der Waals surface area contributed by atoms with Gasteiger partial charge in [0.05, 0.1) is 10.9 Å². The Morgan fingerprint density at radius 1 is 1.18 bits per heavy atom. The lowest BCUT2D eigenvalue weighted by molar-refractivity contribution is 0.0740. The number of esters is 1. The van der Waals surface area contributed by atoms with Crippen LogP contribution in [0.1, 0.15) is 39.2 Å². The average Bonchev–Trinajstić information content (AvgIpc) is 3.20. The fourth-order valence-electron chi connectivity index (χ4n) is 4.09. The summed E-state index contributed by atoms with van der Waals surface area (Å²) in [4.78, 5) is 13.2. The standard InChI is InChI=1S/C27H19ClN2O3S/c1-2-15-7-9-16(10-8-15)23-18-12-11-17(13-21(18)33-26(30)20(23)14-29)32-27(31)25-24(28)19-5-3-4-6-22(19)34-25/h3-13,23H,2,30H2,1H3. The summed E-state index contributed by atoms with van der Waals surface area (Å²) in [5.74, 6) is -0.147. The molecule has 0 saturated carbocycles. The maximum atomic E-state index is 12.9. The largest absolute Gasteiger partial charge is 0.440 e. The number of aryl methyl sites for hydroxylation is 1. The van der Waals surface area contributed by atoms with Gasteiger partial charge in [-0.1, -0.05) is 67.1 Å². The molecule has 0 spiro atoms. The Morgan fingerprint density at radius 3 is 2.65 bits per heavy atom. The van der Waals surface area contributed by atoms with E-state index in [0.717, 1.165) is 27.6 Å². The van der Waals surface area contributed by atoms with Crippen LogP contribution in [0.3, 0.4) is 0 Å². The summed E-state index contributed by atoms with van der Waals surface area (Å²) >= 11 is 7.71. The first-order chi connectivity index (χ1) is 16.5. The number of halogens is 1. The van der Waals surface area contributed by atoms with Gasteiger partial charge in [-0.05, 0) is 29.7 Å². The van der Waals surface area contributed by atoms with Gasteiger partial charge in [0.2, 0.25) is 5.88 Å². The summed E-state index contributed by atoms with van der Waals surface area (Å²) in [7, 11) is 0. The number of hydrogen-bond donors (Lipinski definition) is 1. The van der Waals surface area contributed by atoms with E-state index in [1.165, 1.54) is 16.9 Å². The fourth-order valence-corrected chi connectivity index (χ4v) is 5.47. The number of carbonyl (C=O) groups is 1. The maximum absolute atomic E-state index is 12.9. The van der Waals surface area contributed by atoms with Crippen molar-refractivity contribution in [3.8, 4) is 17.6 Å². The van der Waals surface area contributed by atoms with Crippen molar-refractivity contribution in [1.82, 2.24) is 0 Å². The van der Waals surface area contributed by atoms with Gasteiger partial charge < -0.3 is 15.2 Å². The second-order valence-corrected chi connectivity index (χ2v) is 9.28. The number of rotatable bonds is 4. The molecule has 5 nitrogen and oxygen atoms in total. The molecule has 1 aliphatic rings. The molecule has 2 N–H and O–H groups in total. The third-order valence-corrected chi connectivity index (χ3v) is 7.50. The van der Waals surface area contributed by atoms with Crippen LogP contribution in [0.4, 0.5) is 0 Å². The molecule has 1 atom stereocenters. The second-order valence-electron chi connectivity index (χ2n) is 7.85. The van der Waals surface area contributed by atoms with Gasteiger partial charge in [0.1, 0.15) is 28.0 Å². The minimum atomic E-state index is -0.546. The number of hydrogen-bond acceptors (Lipinski definition) is 6. The Bertz CT molecular complexity index is 1500. The monoisotopic (exact) mass is 486 g/mol. The number of nitrogens with two attached hydrogens (primary N) is 1. The molecule has 0 saturated heterocycles. The van der Waals surface area contributed by atoms with Gasteiger partial charge >= 0.3 is 5.97 Å². The highest BCUT2D eigenvalue weighted by atomic mass is 35.5. The minimum absolute atomic E-state index is 0.0376. The highest BCUT2D eigenvalue weighted by molar-refractivity contribution is 7.21. The van der Waals surface area contributed by atoms with Crippen molar-refractivity contribution in [2.75, 3.05) is 0 Å². The molecule has 3 aromatic carbocycles. The number of carbonyl (C=O) groups excluding carboxylic acids is 1. The van der Waals surface area contributed by atoms with Crippen LogP contribution in [-0.2, 0) is 6.42 Å². The van der Waals surface area contributed by atoms with E-state index in [1.54, 1.807) is 18.2 Å². The first-order valence-electron chi connectivity index (χ1n) is 10.7. The predicted molar refractivity (Wildman–Crippen MR) is 133 cm³/mol. The van der Waals surface area contributed by atoms with Crippen molar-refractivity contribution >= 4 is 39.0 Å². The lowest BCUT2D eigenvalue weighted by atomic mass is 9.83. The SMILES string of the molecule is CCc1ccc(C2C(C#N)=C(N)Oc3cc(OC(=O)c4sc5ccccc5c4Cl)ccc32)cc1. The molecule has 1 aliphatic heterocycles. The summed E-state index contributed by atoms with van der Waals surface area (Å²) in [6, 6.07) is 22.9. The molecular weight excluding hydrogens is 468 g/mol. The molecule has 2 heterocycles. The number of thiophene rings is 1. The number of ether oxygens (including phenoxy) is 2. The van der Waals surface area contributed by atoms with Crippen LogP contribution in [0.25, 0.3) is 10.1 Å². The van der Waals surface area contributed by atoms with Crippen molar-refractivity contribution in [1.29, 1.82) is 5.26 Å². The van der Waals surface area contributed by atoms with Crippen LogP contribution >= 0.6 is 22.9 Å². The molecular formula is C27H19ClN2O3S. The zero-order valence-corrected chi connectivity index (χ0v) is 19.7. The summed E-state index contributed by atoms with van der Waals surface area (Å²) < 4.78 is 12.3. The van der Waals surface area contributed by atoms with Gasteiger partial charge in [0, 0.05) is 21.7 Å². The lowest BCUT2D eigenvalue weighted by Crippen LogP contribution is -2.21. The molecule has 0 bridgehead atoms. The van der Waals surface area contributed by atoms with E-state index in [9.17, 15) is 10.1 Å². The highest BCUT2D eigenvalue weighted by Gasteiger charge is 2.31. The fraction of sp³-hybridized carbons (Fsp3) is 0.111. The van der Waals surface area contributed by atoms with E-state index >= 15 is 0 Å². The van der Waals surface area contributed by atoms with Gasteiger partial charge in [0.25, 0.3) is 0 Å². The van der Waals surface area contributed by atoms with Crippen LogP contribution in [0, 0.1) is 11.3 Å². The van der Waals surface area contributed by atoms with Crippen molar-refractivity contribution in [3.63, 3.8) is 0 Å². The maximum Gasteiger partial charge on any atom is 0.355 e. The Balaban J connectivity index is 1.48. The van der Waals surface area contributed by atoms with E-state index in [1.807, 2.05) is 48.5 Å². The third kappa shape index (κ3) is 3.79. The van der Waals surface area contributed by atoms with Crippen LogP contribution < -0.4 is 15.2 Å². The molecule has 0 amide bonds. The van der Waals surface area contributed by atoms with Gasteiger partial charge in [-0.2, -0.15) is 5.26 Å². The molecule has 168 valence electrons. The molecule has 34 heavy (non-hydrogen) atoms. The number of fused-ring (bicyclic) bond motifs is 2. The summed E-state index contributed by atoms with van der Waals surface area (Å²) in [6.45, 7) is 2.09. The Morgan fingerprint density at radius 2 is 1.94 bits per heavy atom. The number of benzene rings is 3. The molecule has 7 heteroatoms. The quantitative estimate of drug-likeness (QED) is 0.261. The first kappa shape index (κ1) is 22.0. The van der Waals surface area contributed by atoms with Gasteiger partial charge in [0.15, 0.2) is 0 Å². The van der Waals surface area contributed by atoms with Crippen molar-refractivity contribution in [2.24, 2.45) is 5.73 Å². The summed E-state index contributed by atoms with van der Waals surface area (Å²) in [5, 5.41) is 10.9. The van der Waals surface area contributed by atoms with E-state index in [4.69, 9.17) is 26.8 Å². The zero-order chi connectivity index (χ0) is 23.8. The number of nitriles is 1. The van der Waals surface area contributed by atoms with Crippen LogP contribution in [0.15, 0.2) is 78.2 Å². The highest BCUT2D eigenvalue weighted by Crippen LogP contribution is 2.44. The number of nitrogens with zero attached hydrogens (tertiary/aromatic N) is 1. The Labute approximate surface area is 205 Å².